The van der Waals surface area contributed by atoms with Crippen LogP contribution in [0.3, 0.4) is 0 Å². The van der Waals surface area contributed by atoms with Gasteiger partial charge < -0.3 is 33.2 Å². The van der Waals surface area contributed by atoms with Crippen LogP contribution in [0.2, 0.25) is 0 Å². The fourth-order valence-corrected chi connectivity index (χ4v) is 5.65. The van der Waals surface area contributed by atoms with Crippen LogP contribution in [0.1, 0.15) is 22.3 Å². The first kappa shape index (κ1) is 35.6. The van der Waals surface area contributed by atoms with E-state index in [1.165, 1.54) is 24.3 Å². The number of hydrogen-bond acceptors (Lipinski definition) is 9. The van der Waals surface area contributed by atoms with Gasteiger partial charge in [0.05, 0.1) is 33.0 Å². The van der Waals surface area contributed by atoms with E-state index in [1.54, 1.807) is 5.18 Å². The fraction of sp³-hybridized carbons (Fsp3) is 0.244. The number of benzene rings is 5. The van der Waals surface area contributed by atoms with Crippen LogP contribution < -0.4 is 9.91 Å². The van der Waals surface area contributed by atoms with Crippen LogP contribution in [-0.4, -0.2) is 43.5 Å². The molecule has 6 rings (SSSR count). The van der Waals surface area contributed by atoms with Crippen molar-refractivity contribution in [1.82, 2.24) is 0 Å². The van der Waals surface area contributed by atoms with Crippen molar-refractivity contribution >= 4 is 11.8 Å². The molecule has 5 atom stereocenters. The van der Waals surface area contributed by atoms with Gasteiger partial charge in [0, 0.05) is 22.2 Å². The molecule has 0 spiro atoms. The van der Waals surface area contributed by atoms with E-state index in [4.69, 9.17) is 33.2 Å². The predicted molar refractivity (Wildman–Crippen MR) is 187 cm³/mol. The molecule has 5 aromatic carbocycles. The molecular formula is C41H40NO9+. The summed E-state index contributed by atoms with van der Waals surface area (Å²) in [5, 5.41) is 1.80. The number of carbonyl (C=O) groups excluding carboxylic acids is 1. The summed E-state index contributed by atoms with van der Waals surface area (Å²) < 4.78 is 43.9. The highest BCUT2D eigenvalue weighted by atomic mass is 16.8. The first-order valence-corrected chi connectivity index (χ1v) is 16.7. The van der Waals surface area contributed by atoms with Gasteiger partial charge in [-0.3, -0.25) is 0 Å². The minimum atomic E-state index is -1.27. The monoisotopic (exact) mass is 690 g/mol. The third-order valence-electron chi connectivity index (χ3n) is 8.23. The van der Waals surface area contributed by atoms with Crippen LogP contribution in [0, 0.1) is 4.91 Å². The number of ether oxygens (including phenoxy) is 7. The van der Waals surface area contributed by atoms with Crippen LogP contribution in [0.15, 0.2) is 146 Å². The second kappa shape index (κ2) is 18.7. The maximum Gasteiger partial charge on any atom is 0.516 e. The summed E-state index contributed by atoms with van der Waals surface area (Å²) in [5.41, 5.74) is 4.12. The minimum absolute atomic E-state index is 0.101. The largest absolute Gasteiger partial charge is 0.516 e. The number of nitroso groups, excluding NO2 is 1. The van der Waals surface area contributed by atoms with E-state index in [9.17, 15) is 9.70 Å². The van der Waals surface area contributed by atoms with Crippen molar-refractivity contribution in [2.24, 2.45) is 0 Å². The van der Waals surface area contributed by atoms with Crippen molar-refractivity contribution < 1.29 is 43.1 Å². The Labute approximate surface area is 296 Å². The first-order valence-electron chi connectivity index (χ1n) is 16.7. The molecule has 51 heavy (non-hydrogen) atoms. The van der Waals surface area contributed by atoms with Gasteiger partial charge in [-0.05, 0) is 34.4 Å². The summed E-state index contributed by atoms with van der Waals surface area (Å²) in [6.45, 7) is 1.11. The number of rotatable bonds is 16. The molecule has 262 valence electrons. The normalized spacial score (nSPS) is 20.0. The zero-order chi connectivity index (χ0) is 35.1. The van der Waals surface area contributed by atoms with E-state index < -0.39 is 36.9 Å². The smallest absolute Gasteiger partial charge is 0.401 e. The van der Waals surface area contributed by atoms with Crippen LogP contribution >= 0.6 is 0 Å². The molecule has 0 radical (unpaired) electrons. The van der Waals surface area contributed by atoms with Crippen LogP contribution in [-0.2, 0) is 54.8 Å². The van der Waals surface area contributed by atoms with Gasteiger partial charge in [-0.1, -0.05) is 121 Å². The average Bonchev–Trinajstić information content (AvgIpc) is 3.18. The number of hydrogen-bond donors (Lipinski definition) is 1. The Bertz CT molecular complexity index is 1760. The predicted octanol–water partition coefficient (Wildman–Crippen LogP) is 6.38. The lowest BCUT2D eigenvalue weighted by Crippen LogP contribution is -2.62. The number of nitrogens with one attached hydrogen (secondary N) is 1. The Morgan fingerprint density at radius 2 is 1.00 bits per heavy atom. The van der Waals surface area contributed by atoms with Crippen molar-refractivity contribution in [3.63, 3.8) is 0 Å². The minimum Gasteiger partial charge on any atom is -0.401 e. The molecule has 1 aliphatic rings. The van der Waals surface area contributed by atoms with Crippen LogP contribution in [0.25, 0.3) is 0 Å². The highest BCUT2D eigenvalue weighted by Gasteiger charge is 2.50. The molecule has 10 heteroatoms. The Balaban J connectivity index is 1.30. The molecule has 10 nitrogen and oxygen atoms in total. The second-order valence-corrected chi connectivity index (χ2v) is 11.9. The quantitative estimate of drug-likeness (QED) is 0.0932. The lowest BCUT2D eigenvalue weighted by Gasteiger charge is -2.45. The maximum absolute atomic E-state index is 13.3. The van der Waals surface area contributed by atoms with Gasteiger partial charge in [0.15, 0.2) is 0 Å². The molecule has 1 aliphatic heterocycles. The zero-order valence-electron chi connectivity index (χ0n) is 28.0. The van der Waals surface area contributed by atoms with E-state index in [2.05, 4.69) is 0 Å². The van der Waals surface area contributed by atoms with Crippen molar-refractivity contribution in [3.8, 4) is 5.75 Å². The summed E-state index contributed by atoms with van der Waals surface area (Å²) in [6.07, 6.45) is -5.46. The SMILES string of the molecule is O=[NH+]c1ccc(OC(=O)OC2O[C@H](COCc3ccccc3)[C@@H](OCc3ccccc3)[C@H](OCc3ccccc3)[C@H]2OCc2ccccc2)cc1. The van der Waals surface area contributed by atoms with Crippen molar-refractivity contribution in [2.75, 3.05) is 6.61 Å². The zero-order valence-corrected chi connectivity index (χ0v) is 28.0. The molecule has 5 aromatic rings. The van der Waals surface area contributed by atoms with Gasteiger partial charge in [-0.2, -0.15) is 0 Å². The maximum atomic E-state index is 13.3. The highest BCUT2D eigenvalue weighted by Crippen LogP contribution is 2.32. The van der Waals surface area contributed by atoms with E-state index in [0.29, 0.717) is 12.3 Å². The summed E-state index contributed by atoms with van der Waals surface area (Å²) in [5.74, 6) is 0.181. The first-order chi connectivity index (χ1) is 25.1. The summed E-state index contributed by atoms with van der Waals surface area (Å²) in [4.78, 5) is 24.3. The summed E-state index contributed by atoms with van der Waals surface area (Å²) in [7, 11) is 0. The molecule has 1 heterocycles. The molecule has 0 amide bonds. The van der Waals surface area contributed by atoms with E-state index in [-0.39, 0.29) is 32.2 Å². The van der Waals surface area contributed by atoms with Crippen molar-refractivity contribution in [2.45, 2.75) is 57.1 Å². The Kier molecular flexibility index (Phi) is 13.0. The van der Waals surface area contributed by atoms with Gasteiger partial charge in [0.2, 0.25) is 6.29 Å². The van der Waals surface area contributed by atoms with Gasteiger partial charge in [-0.25, -0.2) is 4.79 Å². The molecular weight excluding hydrogens is 650 g/mol. The van der Waals surface area contributed by atoms with E-state index in [0.717, 1.165) is 22.3 Å². The molecule has 0 bridgehead atoms. The molecule has 0 aromatic heterocycles. The van der Waals surface area contributed by atoms with Gasteiger partial charge in [-0.15, -0.1) is 0 Å². The summed E-state index contributed by atoms with van der Waals surface area (Å²) in [6, 6.07) is 45.0. The highest BCUT2D eigenvalue weighted by molar-refractivity contribution is 5.64. The van der Waals surface area contributed by atoms with Gasteiger partial charge >= 0.3 is 6.16 Å². The fourth-order valence-electron chi connectivity index (χ4n) is 5.65. The van der Waals surface area contributed by atoms with Gasteiger partial charge in [0.25, 0.3) is 5.69 Å². The number of carbonyl (C=O) groups is 1. The molecule has 1 saturated heterocycles. The van der Waals surface area contributed by atoms with E-state index in [1.807, 2.05) is 121 Å². The third kappa shape index (κ3) is 10.6. The Morgan fingerprint density at radius 1 is 0.549 bits per heavy atom. The third-order valence-corrected chi connectivity index (χ3v) is 8.23. The van der Waals surface area contributed by atoms with Gasteiger partial charge in [0.1, 0.15) is 30.2 Å². The van der Waals surface area contributed by atoms with E-state index >= 15 is 0 Å². The Morgan fingerprint density at radius 3 is 1.49 bits per heavy atom. The van der Waals surface area contributed by atoms with Crippen LogP contribution in [0.4, 0.5) is 10.5 Å². The second-order valence-electron chi connectivity index (χ2n) is 11.9. The molecule has 1 N–H and O–H groups in total. The molecule has 0 saturated carbocycles. The molecule has 0 aliphatic carbocycles. The topological polar surface area (TPSA) is 113 Å². The van der Waals surface area contributed by atoms with Crippen molar-refractivity contribution in [3.05, 3.63) is 173 Å². The lowest BCUT2D eigenvalue weighted by atomic mass is 9.97. The molecule has 1 unspecified atom stereocenters. The average molecular weight is 691 g/mol. The lowest BCUT2D eigenvalue weighted by molar-refractivity contribution is -0.379. The Hall–Kier alpha value is -5.23. The molecule has 1 fully saturated rings. The van der Waals surface area contributed by atoms with Crippen LogP contribution in [0.5, 0.6) is 5.75 Å². The standard InChI is InChI=1S/C41H39NO9/c43-41(49-35-23-21-34(42-44)22-24-35)51-40-39(48-28-33-19-11-4-12-20-33)38(47-27-32-17-9-3-10-18-32)37(46-26-31-15-7-2-8-16-31)36(50-40)29-45-25-30-13-5-1-6-14-30/h1-24,36-40H,25-29H2/p+1/t36-,37-,38+,39-,40?/m1/s1. The van der Waals surface area contributed by atoms with Crippen molar-refractivity contribution in [1.29, 1.82) is 0 Å². The summed E-state index contributed by atoms with van der Waals surface area (Å²) >= 11 is 0.